The Labute approximate surface area is 60.1 Å². The molecule has 1 aliphatic rings. The first-order valence-corrected chi connectivity index (χ1v) is 3.34. The van der Waals surface area contributed by atoms with Crippen molar-refractivity contribution in [1.29, 1.82) is 0 Å². The lowest BCUT2D eigenvalue weighted by Gasteiger charge is -2.23. The number of carbonyl (C=O) groups is 1. The van der Waals surface area contributed by atoms with Gasteiger partial charge in [0.25, 0.3) is 5.91 Å². The molecule has 0 atom stereocenters. The maximum atomic E-state index is 10.5. The zero-order valence-electron chi connectivity index (χ0n) is 6.04. The number of rotatable bonds is 1. The fourth-order valence-corrected chi connectivity index (χ4v) is 0.853. The van der Waals surface area contributed by atoms with E-state index in [1.807, 2.05) is 0 Å². The monoisotopic (exact) mass is 143 g/mol. The fraction of sp³-hybridized carbons (Fsp3) is 0.833. The Hall–Kier alpha value is -0.610. The molecule has 1 rings (SSSR count). The molecule has 0 N–H and O–H groups in total. The lowest BCUT2D eigenvalue weighted by Crippen LogP contribution is -2.43. The summed E-state index contributed by atoms with van der Waals surface area (Å²) < 4.78 is 5.07. The molecule has 1 radical (unpaired) electrons. The third-order valence-electron chi connectivity index (χ3n) is 1.27. The minimum Gasteiger partial charge on any atom is -0.379 e. The van der Waals surface area contributed by atoms with Gasteiger partial charge in [0.1, 0.15) is 0 Å². The number of nitrogens with zero attached hydrogens (tertiary/aromatic N) is 2. The molecule has 0 aromatic heterocycles. The van der Waals surface area contributed by atoms with Gasteiger partial charge in [0.2, 0.25) is 0 Å². The largest absolute Gasteiger partial charge is 0.379 e. The maximum absolute atomic E-state index is 10.5. The van der Waals surface area contributed by atoms with E-state index >= 15 is 0 Å². The molecule has 57 valence electrons. The Balaban J connectivity index is 2.19. The lowest BCUT2D eigenvalue weighted by atomic mass is 10.5. The summed E-state index contributed by atoms with van der Waals surface area (Å²) in [6.07, 6.45) is 0. The highest BCUT2D eigenvalue weighted by atomic mass is 16.5. The van der Waals surface area contributed by atoms with Crippen LogP contribution in [0.2, 0.25) is 0 Å². The number of carbonyl (C=O) groups excluding carboxylic acids is 1. The van der Waals surface area contributed by atoms with E-state index in [0.717, 1.165) is 13.1 Å². The number of hydrogen-bond acceptors (Lipinski definition) is 3. The highest BCUT2D eigenvalue weighted by Gasteiger charge is 2.11. The summed E-state index contributed by atoms with van der Waals surface area (Å²) in [5.74, 6) is -0.137. The minimum atomic E-state index is -0.137. The Morgan fingerprint density at radius 3 is 2.60 bits per heavy atom. The van der Waals surface area contributed by atoms with E-state index in [0.29, 0.717) is 13.2 Å². The molecule has 4 heteroatoms. The van der Waals surface area contributed by atoms with Gasteiger partial charge in [-0.2, -0.15) is 10.4 Å². The molecule has 1 fully saturated rings. The second-order valence-corrected chi connectivity index (χ2v) is 2.19. The number of ether oxygens (including phenoxy) is 1. The second-order valence-electron chi connectivity index (χ2n) is 2.19. The Bertz CT molecular complexity index is 121. The van der Waals surface area contributed by atoms with Crippen molar-refractivity contribution in [1.82, 2.24) is 10.4 Å². The molecule has 10 heavy (non-hydrogen) atoms. The third-order valence-corrected chi connectivity index (χ3v) is 1.27. The number of morpholine rings is 1. The molecule has 1 heterocycles. The van der Waals surface area contributed by atoms with Crippen molar-refractivity contribution in [2.24, 2.45) is 0 Å². The van der Waals surface area contributed by atoms with Gasteiger partial charge in [0, 0.05) is 20.0 Å². The van der Waals surface area contributed by atoms with Crippen molar-refractivity contribution in [2.45, 2.75) is 6.92 Å². The van der Waals surface area contributed by atoms with Crippen molar-refractivity contribution >= 4 is 5.91 Å². The van der Waals surface area contributed by atoms with Gasteiger partial charge in [-0.1, -0.05) is 0 Å². The summed E-state index contributed by atoms with van der Waals surface area (Å²) in [6.45, 7) is 4.28. The third kappa shape index (κ3) is 2.33. The summed E-state index contributed by atoms with van der Waals surface area (Å²) in [7, 11) is 0. The predicted molar refractivity (Wildman–Crippen MR) is 35.2 cm³/mol. The standard InChI is InChI=1S/C6H11N2O2/c1-6(9)7-8-2-4-10-5-3-8/h2-5H2,1H3. The first-order valence-electron chi connectivity index (χ1n) is 3.34. The van der Waals surface area contributed by atoms with E-state index in [-0.39, 0.29) is 5.91 Å². The van der Waals surface area contributed by atoms with Crippen molar-refractivity contribution < 1.29 is 9.53 Å². The smallest absolute Gasteiger partial charge is 0.254 e. The van der Waals surface area contributed by atoms with E-state index < -0.39 is 0 Å². The molecule has 0 aromatic carbocycles. The van der Waals surface area contributed by atoms with Crippen LogP contribution in [0.25, 0.3) is 0 Å². The van der Waals surface area contributed by atoms with Gasteiger partial charge in [-0.25, -0.2) is 0 Å². The predicted octanol–water partition coefficient (Wildman–Crippen LogP) is -0.616. The molecule has 0 aromatic rings. The first-order chi connectivity index (χ1) is 4.79. The van der Waals surface area contributed by atoms with Gasteiger partial charge < -0.3 is 4.74 Å². The maximum Gasteiger partial charge on any atom is 0.254 e. The van der Waals surface area contributed by atoms with E-state index in [1.54, 1.807) is 5.01 Å². The molecule has 0 unspecified atom stereocenters. The van der Waals surface area contributed by atoms with Crippen LogP contribution in [0, 0.1) is 0 Å². The average Bonchev–Trinajstić information content (AvgIpc) is 1.88. The summed E-state index contributed by atoms with van der Waals surface area (Å²) in [5, 5.41) is 1.74. The van der Waals surface area contributed by atoms with Gasteiger partial charge in [0.05, 0.1) is 13.2 Å². The summed E-state index contributed by atoms with van der Waals surface area (Å²) in [5.41, 5.74) is 3.75. The first kappa shape index (κ1) is 7.50. The highest BCUT2D eigenvalue weighted by Crippen LogP contribution is 1.92. The molecular weight excluding hydrogens is 132 g/mol. The summed E-state index contributed by atoms with van der Waals surface area (Å²) in [4.78, 5) is 10.5. The Kier molecular flexibility index (Phi) is 2.65. The topological polar surface area (TPSA) is 43.6 Å². The van der Waals surface area contributed by atoms with Crippen molar-refractivity contribution in [3.05, 3.63) is 0 Å². The van der Waals surface area contributed by atoms with Gasteiger partial charge in [-0.15, -0.1) is 0 Å². The molecule has 0 aliphatic carbocycles. The van der Waals surface area contributed by atoms with Gasteiger partial charge in [-0.05, 0) is 0 Å². The number of hydrogen-bond donors (Lipinski definition) is 0. The van der Waals surface area contributed by atoms with Crippen LogP contribution >= 0.6 is 0 Å². The number of amides is 1. The molecule has 1 amide bonds. The SMILES string of the molecule is CC(=O)[N]N1CCOCC1. The zero-order chi connectivity index (χ0) is 7.40. The molecule has 1 saturated heterocycles. The molecule has 1 aliphatic heterocycles. The van der Waals surface area contributed by atoms with Crippen LogP contribution in [-0.4, -0.2) is 37.2 Å². The van der Waals surface area contributed by atoms with Crippen LogP contribution < -0.4 is 5.43 Å². The van der Waals surface area contributed by atoms with Crippen LogP contribution in [0.15, 0.2) is 0 Å². The lowest BCUT2D eigenvalue weighted by molar-refractivity contribution is -0.126. The molecular formula is C6H11N2O2. The van der Waals surface area contributed by atoms with Gasteiger partial charge in [0.15, 0.2) is 0 Å². The molecule has 0 saturated carbocycles. The van der Waals surface area contributed by atoms with Gasteiger partial charge >= 0.3 is 0 Å². The Morgan fingerprint density at radius 1 is 1.50 bits per heavy atom. The van der Waals surface area contributed by atoms with Crippen LogP contribution in [0.3, 0.4) is 0 Å². The molecule has 0 bridgehead atoms. The van der Waals surface area contributed by atoms with Crippen LogP contribution in [0.5, 0.6) is 0 Å². The van der Waals surface area contributed by atoms with Crippen LogP contribution in [0.1, 0.15) is 6.92 Å². The van der Waals surface area contributed by atoms with E-state index in [2.05, 4.69) is 5.43 Å². The fourth-order valence-electron chi connectivity index (χ4n) is 0.853. The minimum absolute atomic E-state index is 0.137. The molecule has 0 spiro atoms. The normalized spacial score (nSPS) is 20.5. The van der Waals surface area contributed by atoms with Crippen molar-refractivity contribution in [3.63, 3.8) is 0 Å². The van der Waals surface area contributed by atoms with E-state index in [1.165, 1.54) is 6.92 Å². The van der Waals surface area contributed by atoms with Crippen molar-refractivity contribution in [2.75, 3.05) is 26.3 Å². The zero-order valence-corrected chi connectivity index (χ0v) is 6.04. The second kappa shape index (κ2) is 3.53. The summed E-state index contributed by atoms with van der Waals surface area (Å²) in [6, 6.07) is 0. The quantitative estimate of drug-likeness (QED) is 0.491. The van der Waals surface area contributed by atoms with E-state index in [9.17, 15) is 4.79 Å². The average molecular weight is 143 g/mol. The van der Waals surface area contributed by atoms with Gasteiger partial charge in [-0.3, -0.25) is 4.79 Å². The highest BCUT2D eigenvalue weighted by molar-refractivity contribution is 5.71. The van der Waals surface area contributed by atoms with Crippen LogP contribution in [0.4, 0.5) is 0 Å². The van der Waals surface area contributed by atoms with Crippen LogP contribution in [-0.2, 0) is 9.53 Å². The Morgan fingerprint density at radius 2 is 2.10 bits per heavy atom. The van der Waals surface area contributed by atoms with Crippen molar-refractivity contribution in [3.8, 4) is 0 Å². The molecule has 4 nitrogen and oxygen atoms in total. The van der Waals surface area contributed by atoms with E-state index in [4.69, 9.17) is 4.74 Å². The summed E-state index contributed by atoms with van der Waals surface area (Å²) >= 11 is 0.